The second kappa shape index (κ2) is 9.71. The van der Waals surface area contributed by atoms with E-state index in [2.05, 4.69) is 15.0 Å². The summed E-state index contributed by atoms with van der Waals surface area (Å²) in [5.41, 5.74) is -2.11. The van der Waals surface area contributed by atoms with Crippen LogP contribution in [0.15, 0.2) is 30.6 Å². The summed E-state index contributed by atoms with van der Waals surface area (Å²) in [6.45, 7) is -0.0983. The molecule has 3 unspecified atom stereocenters. The minimum atomic E-state index is -3.32. The van der Waals surface area contributed by atoms with Crippen molar-refractivity contribution in [3.05, 3.63) is 59.4 Å². The van der Waals surface area contributed by atoms with E-state index >= 15 is 0 Å². The number of aliphatic hydroxyl groups is 3. The molecule has 2 aliphatic heterocycles. The molecule has 2 aliphatic rings. The van der Waals surface area contributed by atoms with Crippen LogP contribution < -0.4 is 4.74 Å². The Morgan fingerprint density at radius 1 is 1.23 bits per heavy atom. The number of nitrogens with zero attached hydrogens (tertiary/aromatic N) is 5. The predicted octanol–water partition coefficient (Wildman–Crippen LogP) is 1.46. The number of amides is 1. The number of aromatic nitrogens is 3. The largest absolute Gasteiger partial charge is 0.468 e. The second-order valence-corrected chi connectivity index (χ2v) is 9.04. The molecule has 1 aromatic heterocycles. The van der Waals surface area contributed by atoms with E-state index < -0.39 is 47.3 Å². The third-order valence-corrected chi connectivity index (χ3v) is 6.95. The molecule has 1 amide bonds. The molecule has 0 spiro atoms. The first-order valence-corrected chi connectivity index (χ1v) is 11.6. The number of methoxy groups -OCH3 is 1. The van der Waals surface area contributed by atoms with Gasteiger partial charge in [-0.3, -0.25) is 4.90 Å². The van der Waals surface area contributed by atoms with Gasteiger partial charge in [0.05, 0.1) is 6.04 Å². The smallest absolute Gasteiger partial charge is 0.408 e. The van der Waals surface area contributed by atoms with Gasteiger partial charge < -0.3 is 35.1 Å². The highest BCUT2D eigenvalue weighted by Gasteiger charge is 2.73. The van der Waals surface area contributed by atoms with Crippen molar-refractivity contribution in [1.82, 2.24) is 24.9 Å². The molecule has 5 rings (SSSR count). The first kappa shape index (κ1) is 26.7. The number of rotatable bonds is 6. The lowest BCUT2D eigenvalue weighted by Gasteiger charge is -2.53. The van der Waals surface area contributed by atoms with Crippen LogP contribution >= 0.6 is 0 Å². The lowest BCUT2D eigenvalue weighted by atomic mass is 9.89. The molecule has 3 atom stereocenters. The topological polar surface area (TPSA) is 182 Å². The normalized spacial score (nSPS) is 24.5. The van der Waals surface area contributed by atoms with E-state index in [4.69, 9.17) is 9.47 Å². The number of carboxylic acid groups (broad SMARTS) is 1. The number of hydroxylamine groups is 2. The van der Waals surface area contributed by atoms with Crippen molar-refractivity contribution in [2.45, 2.75) is 36.6 Å². The molecule has 0 aliphatic carbocycles. The van der Waals surface area contributed by atoms with Gasteiger partial charge in [-0.15, -0.1) is 5.06 Å². The number of hydrogen-bond acceptors (Lipinski definition) is 11. The van der Waals surface area contributed by atoms with Gasteiger partial charge in [0.2, 0.25) is 0 Å². The van der Waals surface area contributed by atoms with Crippen LogP contribution in [0, 0.1) is 11.6 Å². The third kappa shape index (κ3) is 4.07. The highest BCUT2D eigenvalue weighted by molar-refractivity contribution is 5.94. The summed E-state index contributed by atoms with van der Waals surface area (Å²) in [6.07, 6.45) is -0.188. The minimum absolute atomic E-state index is 0.0463. The SMILES string of the molecule is COCOc1cc(/C=C/c2ncnc(C34CCC(C(O)N(O)C3(O)O)N4C(=O)O)n2)c2c(F)c(F)ccc2c1. The van der Waals surface area contributed by atoms with E-state index in [-0.39, 0.29) is 41.5 Å². The maximum atomic E-state index is 14.8. The molecular weight excluding hydrogens is 524 g/mol. The average Bonchev–Trinajstić information content (AvgIpc) is 3.31. The minimum Gasteiger partial charge on any atom is -0.468 e. The van der Waals surface area contributed by atoms with Crippen LogP contribution in [0.25, 0.3) is 22.9 Å². The quantitative estimate of drug-likeness (QED) is 0.281. The van der Waals surface area contributed by atoms with Gasteiger partial charge in [0.15, 0.2) is 41.8 Å². The lowest BCUT2D eigenvalue weighted by molar-refractivity contribution is -0.458. The zero-order valence-electron chi connectivity index (χ0n) is 20.3. The maximum Gasteiger partial charge on any atom is 0.408 e. The van der Waals surface area contributed by atoms with Crippen molar-refractivity contribution in [2.75, 3.05) is 13.9 Å². The van der Waals surface area contributed by atoms with E-state index in [0.29, 0.717) is 16.0 Å². The second-order valence-electron chi connectivity index (χ2n) is 9.04. The van der Waals surface area contributed by atoms with Gasteiger partial charge in [0.25, 0.3) is 5.91 Å². The molecular formula is C24H23F2N5O8. The molecule has 2 bridgehead atoms. The van der Waals surface area contributed by atoms with Crippen LogP contribution in [-0.2, 0) is 10.3 Å². The number of benzene rings is 2. The summed E-state index contributed by atoms with van der Waals surface area (Å²) < 4.78 is 39.2. The van der Waals surface area contributed by atoms with Crippen molar-refractivity contribution in [2.24, 2.45) is 0 Å². The maximum absolute atomic E-state index is 14.8. The monoisotopic (exact) mass is 547 g/mol. The van der Waals surface area contributed by atoms with Crippen molar-refractivity contribution < 1.29 is 48.7 Å². The van der Waals surface area contributed by atoms with Crippen molar-refractivity contribution in [3.8, 4) is 5.75 Å². The van der Waals surface area contributed by atoms with Crippen LogP contribution in [-0.4, -0.2) is 88.7 Å². The Bertz CT molecular complexity index is 1470. The Balaban J connectivity index is 1.60. The number of carbonyl (C=O) groups is 1. The van der Waals surface area contributed by atoms with Crippen molar-refractivity contribution in [1.29, 1.82) is 0 Å². The van der Waals surface area contributed by atoms with Crippen LogP contribution in [0.1, 0.15) is 30.1 Å². The van der Waals surface area contributed by atoms with Gasteiger partial charge in [0, 0.05) is 12.5 Å². The van der Waals surface area contributed by atoms with E-state index in [1.165, 1.54) is 37.5 Å². The van der Waals surface area contributed by atoms with Crippen LogP contribution in [0.3, 0.4) is 0 Å². The molecule has 0 saturated carbocycles. The molecule has 3 heterocycles. The van der Waals surface area contributed by atoms with Gasteiger partial charge in [-0.1, -0.05) is 12.1 Å². The third-order valence-electron chi connectivity index (χ3n) is 6.95. The molecule has 13 nitrogen and oxygen atoms in total. The van der Waals surface area contributed by atoms with Crippen molar-refractivity contribution in [3.63, 3.8) is 0 Å². The molecule has 2 aromatic carbocycles. The van der Waals surface area contributed by atoms with Gasteiger partial charge in [-0.2, -0.15) is 0 Å². The Morgan fingerprint density at radius 2 is 2.00 bits per heavy atom. The zero-order valence-corrected chi connectivity index (χ0v) is 20.3. The van der Waals surface area contributed by atoms with Gasteiger partial charge in [-0.25, -0.2) is 28.5 Å². The number of ether oxygens (including phenoxy) is 2. The number of hydrogen-bond donors (Lipinski definition) is 5. The Hall–Kier alpha value is -3.86. The summed E-state index contributed by atoms with van der Waals surface area (Å²) in [5.74, 6) is -5.70. The Labute approximate surface area is 218 Å². The average molecular weight is 547 g/mol. The first-order valence-electron chi connectivity index (χ1n) is 11.6. The summed E-state index contributed by atoms with van der Waals surface area (Å²) in [6, 6.07) is 4.09. The van der Waals surface area contributed by atoms with Crippen LogP contribution in [0.5, 0.6) is 5.75 Å². The van der Waals surface area contributed by atoms with Crippen LogP contribution in [0.2, 0.25) is 0 Å². The fourth-order valence-electron chi connectivity index (χ4n) is 5.21. The molecule has 39 heavy (non-hydrogen) atoms. The summed E-state index contributed by atoms with van der Waals surface area (Å²) in [4.78, 5) is 24.9. The molecule has 206 valence electrons. The first-order chi connectivity index (χ1) is 18.5. The van der Waals surface area contributed by atoms with Crippen molar-refractivity contribution >= 4 is 29.0 Å². The zero-order chi connectivity index (χ0) is 28.1. The number of halogens is 2. The highest BCUT2D eigenvalue weighted by Crippen LogP contribution is 2.53. The Morgan fingerprint density at radius 3 is 2.72 bits per heavy atom. The van der Waals surface area contributed by atoms with E-state index in [0.717, 1.165) is 12.4 Å². The lowest BCUT2D eigenvalue weighted by Crippen LogP contribution is -2.76. The summed E-state index contributed by atoms with van der Waals surface area (Å²) in [5, 5.41) is 52.2. The Kier molecular flexibility index (Phi) is 6.66. The molecule has 2 saturated heterocycles. The number of aliphatic hydroxyl groups excluding tert-OH is 1. The van der Waals surface area contributed by atoms with E-state index in [1.54, 1.807) is 0 Å². The van der Waals surface area contributed by atoms with Gasteiger partial charge in [-0.05, 0) is 48.1 Å². The molecule has 5 N–H and O–H groups in total. The summed E-state index contributed by atoms with van der Waals surface area (Å²) in [7, 11) is 1.42. The fourth-order valence-corrected chi connectivity index (χ4v) is 5.21. The highest BCUT2D eigenvalue weighted by atomic mass is 19.2. The predicted molar refractivity (Wildman–Crippen MR) is 126 cm³/mol. The molecule has 15 heteroatoms. The summed E-state index contributed by atoms with van der Waals surface area (Å²) >= 11 is 0. The van der Waals surface area contributed by atoms with E-state index in [9.17, 15) is 39.2 Å². The van der Waals surface area contributed by atoms with Crippen LogP contribution in [0.4, 0.5) is 13.6 Å². The van der Waals surface area contributed by atoms with E-state index in [1.807, 2.05) is 0 Å². The number of piperazine rings is 1. The number of fused-ring (bicyclic) bond motifs is 3. The fraction of sp³-hybridized carbons (Fsp3) is 0.333. The molecule has 0 radical (unpaired) electrons. The molecule has 2 fully saturated rings. The molecule has 3 aromatic rings. The van der Waals surface area contributed by atoms with Gasteiger partial charge >= 0.3 is 6.09 Å². The standard InChI is InChI=1S/C24H23F2N5O8/c1-38-11-39-14-8-12-2-4-15(25)19(26)18(12)13(9-14)3-5-17-27-10-28-21(29-17)23-7-6-16(30(23)22(33)34)20(32)31(37)24(23,35)36/h2-5,8-10,16,20,32,35-37H,6-7,11H2,1H3,(H,33,34)/b5-3+. The van der Waals surface area contributed by atoms with Gasteiger partial charge in [0.1, 0.15) is 12.1 Å².